The van der Waals surface area contributed by atoms with Crippen LogP contribution in [0, 0.1) is 0 Å². The molecule has 0 spiro atoms. The number of aromatic nitrogens is 2. The van der Waals surface area contributed by atoms with E-state index in [0.717, 1.165) is 29.8 Å². The van der Waals surface area contributed by atoms with Crippen molar-refractivity contribution in [3.05, 3.63) is 84.4 Å². The molecule has 5 nitrogen and oxygen atoms in total. The second-order valence-electron chi connectivity index (χ2n) is 6.56. The van der Waals surface area contributed by atoms with Gasteiger partial charge in [-0.15, -0.1) is 0 Å². The molecule has 0 amide bonds. The molecule has 0 saturated heterocycles. The molecule has 3 aromatic rings. The number of aliphatic carboxylic acids is 1. The Hall–Kier alpha value is -3.08. The van der Waals surface area contributed by atoms with E-state index in [-0.39, 0.29) is 12.3 Å². The van der Waals surface area contributed by atoms with E-state index < -0.39 is 5.97 Å². The van der Waals surface area contributed by atoms with Crippen molar-refractivity contribution in [2.45, 2.75) is 31.7 Å². The van der Waals surface area contributed by atoms with Gasteiger partial charge in [-0.2, -0.15) is 0 Å². The van der Waals surface area contributed by atoms with Crippen molar-refractivity contribution in [2.24, 2.45) is 0 Å². The summed E-state index contributed by atoms with van der Waals surface area (Å²) in [6, 6.07) is 17.8. The SMILES string of the molecule is O=C(O)CC(Cc1ccc(OCCCn2ccnc2)cc1)c1ccccc1. The molecule has 1 heterocycles. The number of carbonyl (C=O) groups is 1. The van der Waals surface area contributed by atoms with Crippen LogP contribution in [-0.2, 0) is 17.8 Å². The molecule has 0 aliphatic heterocycles. The van der Waals surface area contributed by atoms with Crippen molar-refractivity contribution in [2.75, 3.05) is 6.61 Å². The smallest absolute Gasteiger partial charge is 0.303 e. The van der Waals surface area contributed by atoms with Crippen molar-refractivity contribution >= 4 is 5.97 Å². The Kier molecular flexibility index (Phi) is 6.63. The van der Waals surface area contributed by atoms with Crippen molar-refractivity contribution in [1.29, 1.82) is 0 Å². The van der Waals surface area contributed by atoms with E-state index in [1.54, 1.807) is 12.5 Å². The Morgan fingerprint density at radius 3 is 2.56 bits per heavy atom. The van der Waals surface area contributed by atoms with Crippen LogP contribution in [0.3, 0.4) is 0 Å². The second-order valence-corrected chi connectivity index (χ2v) is 6.56. The zero-order valence-corrected chi connectivity index (χ0v) is 15.2. The average molecular weight is 364 g/mol. The summed E-state index contributed by atoms with van der Waals surface area (Å²) in [5.41, 5.74) is 2.16. The molecule has 1 N–H and O–H groups in total. The summed E-state index contributed by atoms with van der Waals surface area (Å²) in [5.74, 6) is 0.0197. The number of benzene rings is 2. The topological polar surface area (TPSA) is 64.3 Å². The first-order valence-electron chi connectivity index (χ1n) is 9.15. The van der Waals surface area contributed by atoms with E-state index in [9.17, 15) is 9.90 Å². The minimum atomic E-state index is -0.776. The molecule has 5 heteroatoms. The van der Waals surface area contributed by atoms with Gasteiger partial charge in [0, 0.05) is 18.9 Å². The maximum absolute atomic E-state index is 11.2. The lowest BCUT2D eigenvalue weighted by Gasteiger charge is -2.16. The molecule has 2 aromatic carbocycles. The molecule has 0 aliphatic carbocycles. The quantitative estimate of drug-likeness (QED) is 0.549. The van der Waals surface area contributed by atoms with Crippen LogP contribution >= 0.6 is 0 Å². The Morgan fingerprint density at radius 2 is 1.89 bits per heavy atom. The molecule has 0 aliphatic rings. The summed E-state index contributed by atoms with van der Waals surface area (Å²) in [6.45, 7) is 1.52. The van der Waals surface area contributed by atoms with Crippen molar-refractivity contribution in [3.63, 3.8) is 0 Å². The maximum Gasteiger partial charge on any atom is 0.303 e. The fraction of sp³-hybridized carbons (Fsp3) is 0.273. The number of carboxylic acids is 1. The van der Waals surface area contributed by atoms with Crippen LogP contribution in [0.2, 0.25) is 0 Å². The average Bonchev–Trinajstić information content (AvgIpc) is 3.20. The summed E-state index contributed by atoms with van der Waals surface area (Å²) in [5, 5.41) is 9.23. The summed E-state index contributed by atoms with van der Waals surface area (Å²) < 4.78 is 7.81. The zero-order valence-electron chi connectivity index (χ0n) is 15.2. The fourth-order valence-electron chi connectivity index (χ4n) is 3.11. The molecule has 3 rings (SSSR count). The summed E-state index contributed by atoms with van der Waals surface area (Å²) in [7, 11) is 0. The standard InChI is InChI=1S/C22H24N2O3/c25-22(26)16-20(19-5-2-1-3-6-19)15-18-7-9-21(10-8-18)27-14-4-12-24-13-11-23-17-24/h1-3,5-11,13,17,20H,4,12,14-16H2,(H,25,26). The van der Waals surface area contributed by atoms with Crippen LogP contribution in [0.5, 0.6) is 5.75 Å². The summed E-state index contributed by atoms with van der Waals surface area (Å²) in [6.07, 6.45) is 7.23. The van der Waals surface area contributed by atoms with Gasteiger partial charge in [0.2, 0.25) is 0 Å². The number of ether oxygens (including phenoxy) is 1. The molecule has 0 radical (unpaired) electrons. The van der Waals surface area contributed by atoms with Crippen LogP contribution in [0.15, 0.2) is 73.3 Å². The highest BCUT2D eigenvalue weighted by atomic mass is 16.5. The van der Waals surface area contributed by atoms with Crippen LogP contribution in [-0.4, -0.2) is 27.2 Å². The highest BCUT2D eigenvalue weighted by Crippen LogP contribution is 2.25. The molecular formula is C22H24N2O3. The molecule has 1 aromatic heterocycles. The van der Waals surface area contributed by atoms with E-state index in [2.05, 4.69) is 4.98 Å². The lowest BCUT2D eigenvalue weighted by atomic mass is 9.89. The highest BCUT2D eigenvalue weighted by molar-refractivity contribution is 5.68. The number of carboxylic acid groups (broad SMARTS) is 1. The molecule has 27 heavy (non-hydrogen) atoms. The molecule has 0 bridgehead atoms. The van der Waals surface area contributed by atoms with Gasteiger partial charge in [0.25, 0.3) is 0 Å². The Labute approximate surface area is 159 Å². The van der Waals surface area contributed by atoms with E-state index in [4.69, 9.17) is 4.74 Å². The first-order valence-corrected chi connectivity index (χ1v) is 9.15. The maximum atomic E-state index is 11.2. The first kappa shape index (κ1) is 18.7. The molecule has 140 valence electrons. The second kappa shape index (κ2) is 9.57. The number of aryl methyl sites for hydroxylation is 1. The van der Waals surface area contributed by atoms with Gasteiger partial charge in [-0.05, 0) is 42.0 Å². The van der Waals surface area contributed by atoms with Crippen LogP contribution in [0.4, 0.5) is 0 Å². The van der Waals surface area contributed by atoms with Gasteiger partial charge in [-0.3, -0.25) is 4.79 Å². The molecular weight excluding hydrogens is 340 g/mol. The minimum Gasteiger partial charge on any atom is -0.494 e. The fourth-order valence-corrected chi connectivity index (χ4v) is 3.11. The van der Waals surface area contributed by atoms with Gasteiger partial charge >= 0.3 is 5.97 Å². The monoisotopic (exact) mass is 364 g/mol. The Morgan fingerprint density at radius 1 is 1.11 bits per heavy atom. The van der Waals surface area contributed by atoms with Gasteiger partial charge in [-0.25, -0.2) is 4.98 Å². The van der Waals surface area contributed by atoms with Gasteiger partial charge < -0.3 is 14.4 Å². The lowest BCUT2D eigenvalue weighted by Crippen LogP contribution is -2.09. The van der Waals surface area contributed by atoms with Crippen LogP contribution < -0.4 is 4.74 Å². The zero-order chi connectivity index (χ0) is 18.9. The third kappa shape index (κ3) is 5.99. The molecule has 1 unspecified atom stereocenters. The van der Waals surface area contributed by atoms with Gasteiger partial charge in [0.15, 0.2) is 0 Å². The van der Waals surface area contributed by atoms with Crippen molar-refractivity contribution in [3.8, 4) is 5.75 Å². The van der Waals surface area contributed by atoms with E-state index >= 15 is 0 Å². The number of hydrogen-bond acceptors (Lipinski definition) is 3. The number of nitrogens with zero attached hydrogens (tertiary/aromatic N) is 2. The minimum absolute atomic E-state index is 0.0364. The number of imidazole rings is 1. The Bertz CT molecular complexity index is 815. The largest absolute Gasteiger partial charge is 0.494 e. The van der Waals surface area contributed by atoms with E-state index in [1.807, 2.05) is 65.4 Å². The van der Waals surface area contributed by atoms with E-state index in [1.165, 1.54) is 0 Å². The predicted octanol–water partition coefficient (Wildman–Crippen LogP) is 4.15. The van der Waals surface area contributed by atoms with Crippen LogP contribution in [0.25, 0.3) is 0 Å². The normalized spacial score (nSPS) is 11.9. The van der Waals surface area contributed by atoms with Crippen LogP contribution in [0.1, 0.15) is 29.9 Å². The van der Waals surface area contributed by atoms with Gasteiger partial charge in [-0.1, -0.05) is 42.5 Å². The van der Waals surface area contributed by atoms with Gasteiger partial charge in [0.1, 0.15) is 5.75 Å². The predicted molar refractivity (Wildman–Crippen MR) is 104 cm³/mol. The third-order valence-electron chi connectivity index (χ3n) is 4.49. The number of rotatable bonds is 10. The third-order valence-corrected chi connectivity index (χ3v) is 4.49. The lowest BCUT2D eigenvalue weighted by molar-refractivity contribution is -0.137. The van der Waals surface area contributed by atoms with Gasteiger partial charge in [0.05, 0.1) is 19.4 Å². The van der Waals surface area contributed by atoms with Crippen molar-refractivity contribution in [1.82, 2.24) is 9.55 Å². The molecule has 1 atom stereocenters. The van der Waals surface area contributed by atoms with Crippen molar-refractivity contribution < 1.29 is 14.6 Å². The molecule has 0 saturated carbocycles. The molecule has 0 fully saturated rings. The van der Waals surface area contributed by atoms with E-state index in [0.29, 0.717) is 13.0 Å². The summed E-state index contributed by atoms with van der Waals surface area (Å²) in [4.78, 5) is 15.3. The summed E-state index contributed by atoms with van der Waals surface area (Å²) >= 11 is 0. The first-order chi connectivity index (χ1) is 13.2. The number of hydrogen-bond donors (Lipinski definition) is 1. The highest BCUT2D eigenvalue weighted by Gasteiger charge is 2.16. The Balaban J connectivity index is 1.53.